The van der Waals surface area contributed by atoms with E-state index in [0.29, 0.717) is 28.6 Å². The molecule has 0 atom stereocenters. The lowest BCUT2D eigenvalue weighted by molar-refractivity contribution is -0.139. The molecule has 0 aliphatic carbocycles. The second-order valence-corrected chi connectivity index (χ2v) is 5.70. The van der Waals surface area contributed by atoms with Gasteiger partial charge in [-0.3, -0.25) is 4.79 Å². The SMILES string of the molecule is COCc1nc(C)c(C(=O)Nc2cccc(OCC(=O)O)c2)s1. The summed E-state index contributed by atoms with van der Waals surface area (Å²) in [5, 5.41) is 12.1. The Hall–Kier alpha value is -2.45. The molecule has 2 aromatic rings. The van der Waals surface area contributed by atoms with Crippen molar-refractivity contribution in [3.63, 3.8) is 0 Å². The Morgan fingerprint density at radius 2 is 2.17 bits per heavy atom. The number of nitrogens with zero attached hydrogens (tertiary/aromatic N) is 1. The average molecular weight is 336 g/mol. The summed E-state index contributed by atoms with van der Waals surface area (Å²) in [6, 6.07) is 6.54. The minimum absolute atomic E-state index is 0.280. The molecule has 8 heteroatoms. The largest absolute Gasteiger partial charge is 0.482 e. The van der Waals surface area contributed by atoms with Gasteiger partial charge in [0.2, 0.25) is 0 Å². The van der Waals surface area contributed by atoms with E-state index >= 15 is 0 Å². The van der Waals surface area contributed by atoms with Gasteiger partial charge in [-0.25, -0.2) is 9.78 Å². The topological polar surface area (TPSA) is 97.8 Å². The Morgan fingerprint density at radius 1 is 1.39 bits per heavy atom. The molecular weight excluding hydrogens is 320 g/mol. The van der Waals surface area contributed by atoms with Crippen LogP contribution in [0.2, 0.25) is 0 Å². The van der Waals surface area contributed by atoms with E-state index in [9.17, 15) is 9.59 Å². The van der Waals surface area contributed by atoms with Gasteiger partial charge in [0.1, 0.15) is 15.6 Å². The molecule has 1 aromatic heterocycles. The number of nitrogens with one attached hydrogen (secondary N) is 1. The molecule has 0 saturated carbocycles. The van der Waals surface area contributed by atoms with Gasteiger partial charge in [0.15, 0.2) is 6.61 Å². The quantitative estimate of drug-likeness (QED) is 0.805. The molecule has 122 valence electrons. The Balaban J connectivity index is 2.08. The van der Waals surface area contributed by atoms with Gasteiger partial charge in [-0.1, -0.05) is 6.07 Å². The predicted molar refractivity (Wildman–Crippen MR) is 85.1 cm³/mol. The van der Waals surface area contributed by atoms with Crippen LogP contribution in [0.4, 0.5) is 5.69 Å². The number of aryl methyl sites for hydroxylation is 1. The van der Waals surface area contributed by atoms with Crippen LogP contribution in [0.1, 0.15) is 20.4 Å². The van der Waals surface area contributed by atoms with Crippen molar-refractivity contribution in [3.05, 3.63) is 39.8 Å². The van der Waals surface area contributed by atoms with Crippen LogP contribution in [0.3, 0.4) is 0 Å². The van der Waals surface area contributed by atoms with Crippen LogP contribution in [0.25, 0.3) is 0 Å². The van der Waals surface area contributed by atoms with Gasteiger partial charge in [-0.15, -0.1) is 11.3 Å². The Labute approximate surface area is 136 Å². The molecule has 0 radical (unpaired) electrons. The number of anilines is 1. The van der Waals surface area contributed by atoms with E-state index in [4.69, 9.17) is 14.6 Å². The zero-order chi connectivity index (χ0) is 16.8. The minimum Gasteiger partial charge on any atom is -0.482 e. The summed E-state index contributed by atoms with van der Waals surface area (Å²) in [5.74, 6) is -0.977. The lowest BCUT2D eigenvalue weighted by Gasteiger charge is -2.07. The standard InChI is InChI=1S/C15H16N2O5S/c1-9-14(23-12(16-9)7-21-2)15(20)17-10-4-3-5-11(6-10)22-8-13(18)19/h3-6H,7-8H2,1-2H3,(H,17,20)(H,18,19). The Bertz CT molecular complexity index is 714. The maximum Gasteiger partial charge on any atom is 0.341 e. The maximum atomic E-state index is 12.3. The number of thiazole rings is 1. The number of aliphatic carboxylic acids is 1. The smallest absolute Gasteiger partial charge is 0.341 e. The summed E-state index contributed by atoms with van der Waals surface area (Å²) in [7, 11) is 1.57. The molecule has 0 saturated heterocycles. The third-order valence-electron chi connectivity index (χ3n) is 2.77. The summed E-state index contributed by atoms with van der Waals surface area (Å²) >= 11 is 1.27. The number of ether oxygens (including phenoxy) is 2. The fraction of sp³-hybridized carbons (Fsp3) is 0.267. The lowest BCUT2D eigenvalue weighted by Crippen LogP contribution is -2.12. The van der Waals surface area contributed by atoms with E-state index in [1.165, 1.54) is 11.3 Å². The number of methoxy groups -OCH3 is 1. The Kier molecular flexibility index (Phi) is 5.67. The maximum absolute atomic E-state index is 12.3. The van der Waals surface area contributed by atoms with Gasteiger partial charge in [0.25, 0.3) is 5.91 Å². The number of hydrogen-bond donors (Lipinski definition) is 2. The number of benzene rings is 1. The van der Waals surface area contributed by atoms with Gasteiger partial charge in [0.05, 0.1) is 12.3 Å². The van der Waals surface area contributed by atoms with Gasteiger partial charge in [-0.2, -0.15) is 0 Å². The second-order valence-electron chi connectivity index (χ2n) is 4.62. The molecule has 23 heavy (non-hydrogen) atoms. The number of rotatable bonds is 7. The summed E-state index contributed by atoms with van der Waals surface area (Å²) in [5.41, 5.74) is 1.15. The van der Waals surface area contributed by atoms with E-state index in [1.54, 1.807) is 38.3 Å². The van der Waals surface area contributed by atoms with E-state index in [0.717, 1.165) is 5.01 Å². The molecule has 0 aliphatic heterocycles. The van der Waals surface area contributed by atoms with E-state index < -0.39 is 12.6 Å². The number of carbonyl (C=O) groups is 2. The number of amides is 1. The van der Waals surface area contributed by atoms with Crippen LogP contribution < -0.4 is 10.1 Å². The van der Waals surface area contributed by atoms with Gasteiger partial charge < -0.3 is 19.9 Å². The molecule has 0 unspecified atom stereocenters. The highest BCUT2D eigenvalue weighted by Gasteiger charge is 2.15. The van der Waals surface area contributed by atoms with Crippen molar-refractivity contribution in [1.29, 1.82) is 0 Å². The van der Waals surface area contributed by atoms with E-state index in [1.807, 2.05) is 0 Å². The third-order valence-corrected chi connectivity index (χ3v) is 3.90. The molecule has 0 spiro atoms. The summed E-state index contributed by atoms with van der Waals surface area (Å²) in [4.78, 5) is 27.6. The molecule has 2 N–H and O–H groups in total. The van der Waals surface area contributed by atoms with Gasteiger partial charge in [-0.05, 0) is 19.1 Å². The zero-order valence-corrected chi connectivity index (χ0v) is 13.5. The first kappa shape index (κ1) is 16.9. The number of hydrogen-bond acceptors (Lipinski definition) is 6. The van der Waals surface area contributed by atoms with E-state index in [-0.39, 0.29) is 5.91 Å². The monoisotopic (exact) mass is 336 g/mol. The number of carbonyl (C=O) groups excluding carboxylic acids is 1. The zero-order valence-electron chi connectivity index (χ0n) is 12.7. The molecule has 7 nitrogen and oxygen atoms in total. The van der Waals surface area contributed by atoms with Crippen LogP contribution in [-0.4, -0.2) is 35.7 Å². The van der Waals surface area contributed by atoms with Crippen LogP contribution in [0.5, 0.6) is 5.75 Å². The molecule has 1 amide bonds. The molecule has 1 aromatic carbocycles. The van der Waals surface area contributed by atoms with Crippen molar-refractivity contribution in [3.8, 4) is 5.75 Å². The average Bonchev–Trinajstić information content (AvgIpc) is 2.87. The molecular formula is C15H16N2O5S. The highest BCUT2D eigenvalue weighted by atomic mass is 32.1. The van der Waals surface area contributed by atoms with Crippen LogP contribution in [-0.2, 0) is 16.1 Å². The number of carboxylic acid groups (broad SMARTS) is 1. The molecule has 2 rings (SSSR count). The van der Waals surface area contributed by atoms with Crippen LogP contribution in [0.15, 0.2) is 24.3 Å². The lowest BCUT2D eigenvalue weighted by atomic mass is 10.3. The van der Waals surface area contributed by atoms with Crippen molar-refractivity contribution in [2.24, 2.45) is 0 Å². The van der Waals surface area contributed by atoms with E-state index in [2.05, 4.69) is 10.3 Å². The third kappa shape index (κ3) is 4.76. The molecule has 0 aliphatic rings. The van der Waals surface area contributed by atoms with Gasteiger partial charge in [0, 0.05) is 18.9 Å². The number of carboxylic acids is 1. The van der Waals surface area contributed by atoms with Crippen molar-refractivity contribution >= 4 is 28.9 Å². The van der Waals surface area contributed by atoms with Crippen molar-refractivity contribution in [2.45, 2.75) is 13.5 Å². The second kappa shape index (κ2) is 7.70. The van der Waals surface area contributed by atoms with Crippen molar-refractivity contribution in [2.75, 3.05) is 19.0 Å². The molecule has 1 heterocycles. The van der Waals surface area contributed by atoms with Gasteiger partial charge >= 0.3 is 5.97 Å². The predicted octanol–water partition coefficient (Wildman–Crippen LogP) is 2.31. The molecule has 0 fully saturated rings. The normalized spacial score (nSPS) is 10.3. The highest BCUT2D eigenvalue weighted by molar-refractivity contribution is 7.13. The summed E-state index contributed by atoms with van der Waals surface area (Å²) in [6.07, 6.45) is 0. The fourth-order valence-electron chi connectivity index (χ4n) is 1.84. The highest BCUT2D eigenvalue weighted by Crippen LogP contribution is 2.22. The van der Waals surface area contributed by atoms with Crippen molar-refractivity contribution in [1.82, 2.24) is 4.98 Å². The first-order valence-corrected chi connectivity index (χ1v) is 7.52. The first-order chi connectivity index (χ1) is 11.0. The summed E-state index contributed by atoms with van der Waals surface area (Å²) < 4.78 is 10.1. The van der Waals surface area contributed by atoms with Crippen LogP contribution in [0, 0.1) is 6.92 Å². The number of aromatic nitrogens is 1. The van der Waals surface area contributed by atoms with Crippen LogP contribution >= 0.6 is 11.3 Å². The summed E-state index contributed by atoms with van der Waals surface area (Å²) in [6.45, 7) is 1.68. The minimum atomic E-state index is -1.06. The van der Waals surface area contributed by atoms with Crippen molar-refractivity contribution < 1.29 is 24.2 Å². The fourth-order valence-corrected chi connectivity index (χ4v) is 2.78. The molecule has 0 bridgehead atoms. The first-order valence-electron chi connectivity index (χ1n) is 6.71. The Morgan fingerprint density at radius 3 is 2.87 bits per heavy atom.